The van der Waals surface area contributed by atoms with Crippen LogP contribution in [0, 0.1) is 20.8 Å². The molecule has 0 aromatic carbocycles. The summed E-state index contributed by atoms with van der Waals surface area (Å²) in [6, 6.07) is 0. The molecule has 0 saturated carbocycles. The van der Waals surface area contributed by atoms with E-state index >= 15 is 0 Å². The van der Waals surface area contributed by atoms with Crippen molar-refractivity contribution in [2.45, 2.75) is 47.1 Å². The van der Waals surface area contributed by atoms with E-state index in [9.17, 15) is 0 Å². The number of rotatable bonds is 3. The standard InChI is InChI=1S/C13H19N3O/c1-8(2)13-14-12(15-17-13)7-16-6-9(3)10(4)11(16)5/h6,8H,7H2,1-5H3. The molecule has 0 aliphatic heterocycles. The van der Waals surface area contributed by atoms with E-state index in [0.29, 0.717) is 12.4 Å². The number of hydrogen-bond donors (Lipinski definition) is 0. The number of aromatic nitrogens is 3. The Bertz CT molecular complexity index is 523. The van der Waals surface area contributed by atoms with Gasteiger partial charge in [-0.05, 0) is 31.9 Å². The average Bonchev–Trinajstić information content (AvgIpc) is 2.82. The summed E-state index contributed by atoms with van der Waals surface area (Å²) in [5.41, 5.74) is 3.89. The van der Waals surface area contributed by atoms with E-state index < -0.39 is 0 Å². The smallest absolute Gasteiger partial charge is 0.229 e. The molecule has 92 valence electrons. The van der Waals surface area contributed by atoms with Crippen molar-refractivity contribution in [2.75, 3.05) is 0 Å². The van der Waals surface area contributed by atoms with Crippen LogP contribution in [0.5, 0.6) is 0 Å². The number of aryl methyl sites for hydroxylation is 1. The van der Waals surface area contributed by atoms with Gasteiger partial charge in [-0.2, -0.15) is 4.98 Å². The minimum atomic E-state index is 0.283. The maximum atomic E-state index is 5.20. The molecule has 17 heavy (non-hydrogen) atoms. The molecule has 0 spiro atoms. The van der Waals surface area contributed by atoms with Gasteiger partial charge in [0, 0.05) is 17.8 Å². The van der Waals surface area contributed by atoms with Crippen molar-refractivity contribution in [3.05, 3.63) is 34.7 Å². The van der Waals surface area contributed by atoms with Crippen molar-refractivity contribution in [2.24, 2.45) is 0 Å². The molecule has 2 heterocycles. The highest BCUT2D eigenvalue weighted by molar-refractivity contribution is 5.29. The Morgan fingerprint density at radius 3 is 2.47 bits per heavy atom. The maximum Gasteiger partial charge on any atom is 0.229 e. The van der Waals surface area contributed by atoms with Gasteiger partial charge in [-0.1, -0.05) is 19.0 Å². The first-order chi connectivity index (χ1) is 7.99. The molecular formula is C13H19N3O. The Morgan fingerprint density at radius 2 is 2.00 bits per heavy atom. The van der Waals surface area contributed by atoms with E-state index in [0.717, 1.165) is 5.82 Å². The van der Waals surface area contributed by atoms with Gasteiger partial charge in [-0.15, -0.1) is 0 Å². The van der Waals surface area contributed by atoms with Gasteiger partial charge in [0.15, 0.2) is 5.82 Å². The first kappa shape index (κ1) is 11.9. The molecule has 4 nitrogen and oxygen atoms in total. The molecule has 2 rings (SSSR count). The van der Waals surface area contributed by atoms with E-state index in [-0.39, 0.29) is 5.92 Å². The molecule has 0 aliphatic carbocycles. The SMILES string of the molecule is Cc1cn(Cc2noc(C(C)C)n2)c(C)c1C. The van der Waals surface area contributed by atoms with E-state index in [1.54, 1.807) is 0 Å². The van der Waals surface area contributed by atoms with Gasteiger partial charge in [0.05, 0.1) is 6.54 Å². The third kappa shape index (κ3) is 2.25. The largest absolute Gasteiger partial charge is 0.343 e. The van der Waals surface area contributed by atoms with Gasteiger partial charge < -0.3 is 9.09 Å². The topological polar surface area (TPSA) is 43.9 Å². The van der Waals surface area contributed by atoms with Crippen LogP contribution >= 0.6 is 0 Å². The Morgan fingerprint density at radius 1 is 1.29 bits per heavy atom. The molecule has 0 radical (unpaired) electrons. The van der Waals surface area contributed by atoms with E-state index in [1.807, 2.05) is 13.8 Å². The highest BCUT2D eigenvalue weighted by Gasteiger charge is 2.12. The summed E-state index contributed by atoms with van der Waals surface area (Å²) in [5.74, 6) is 1.73. The van der Waals surface area contributed by atoms with E-state index in [2.05, 4.69) is 41.7 Å². The molecule has 0 fully saturated rings. The van der Waals surface area contributed by atoms with Crippen LogP contribution < -0.4 is 0 Å². The van der Waals surface area contributed by atoms with Crippen molar-refractivity contribution in [1.29, 1.82) is 0 Å². The summed E-state index contributed by atoms with van der Waals surface area (Å²) in [6.07, 6.45) is 2.13. The fourth-order valence-electron chi connectivity index (χ4n) is 1.81. The van der Waals surface area contributed by atoms with E-state index in [4.69, 9.17) is 4.52 Å². The Balaban J connectivity index is 2.22. The Labute approximate surface area is 102 Å². The second kappa shape index (κ2) is 4.35. The predicted molar refractivity (Wildman–Crippen MR) is 66.1 cm³/mol. The lowest BCUT2D eigenvalue weighted by molar-refractivity contribution is 0.360. The predicted octanol–water partition coefficient (Wildman–Crippen LogP) is 2.97. The van der Waals surface area contributed by atoms with Gasteiger partial charge in [0.25, 0.3) is 0 Å². The highest BCUT2D eigenvalue weighted by Crippen LogP contribution is 2.16. The lowest BCUT2D eigenvalue weighted by atomic mass is 10.2. The summed E-state index contributed by atoms with van der Waals surface area (Å²) in [7, 11) is 0. The molecule has 4 heteroatoms. The Kier molecular flexibility index (Phi) is 3.05. The van der Waals surface area contributed by atoms with Crippen molar-refractivity contribution >= 4 is 0 Å². The molecule has 0 amide bonds. The van der Waals surface area contributed by atoms with Crippen molar-refractivity contribution in [3.63, 3.8) is 0 Å². The van der Waals surface area contributed by atoms with E-state index in [1.165, 1.54) is 16.8 Å². The number of hydrogen-bond acceptors (Lipinski definition) is 3. The van der Waals surface area contributed by atoms with Crippen LogP contribution in [0.25, 0.3) is 0 Å². The van der Waals surface area contributed by atoms with Crippen LogP contribution in [0.3, 0.4) is 0 Å². The normalized spacial score (nSPS) is 11.4. The van der Waals surface area contributed by atoms with Crippen LogP contribution in [-0.4, -0.2) is 14.7 Å². The fraction of sp³-hybridized carbons (Fsp3) is 0.538. The second-order valence-electron chi connectivity index (χ2n) is 4.85. The molecule has 0 N–H and O–H groups in total. The molecule has 0 atom stereocenters. The van der Waals surface area contributed by atoms with Gasteiger partial charge in [-0.3, -0.25) is 0 Å². The van der Waals surface area contributed by atoms with Crippen molar-refractivity contribution < 1.29 is 4.52 Å². The number of nitrogens with zero attached hydrogens (tertiary/aromatic N) is 3. The zero-order valence-electron chi connectivity index (χ0n) is 11.1. The van der Waals surface area contributed by atoms with Crippen molar-refractivity contribution in [1.82, 2.24) is 14.7 Å². The molecule has 0 bridgehead atoms. The summed E-state index contributed by atoms with van der Waals surface area (Å²) >= 11 is 0. The average molecular weight is 233 g/mol. The second-order valence-corrected chi connectivity index (χ2v) is 4.85. The summed E-state index contributed by atoms with van der Waals surface area (Å²) in [4.78, 5) is 4.39. The Hall–Kier alpha value is -1.58. The maximum absolute atomic E-state index is 5.20. The molecule has 0 aliphatic rings. The van der Waals surface area contributed by atoms with Gasteiger partial charge in [0.2, 0.25) is 5.89 Å². The zero-order valence-corrected chi connectivity index (χ0v) is 11.1. The van der Waals surface area contributed by atoms with Gasteiger partial charge >= 0.3 is 0 Å². The minimum Gasteiger partial charge on any atom is -0.343 e. The highest BCUT2D eigenvalue weighted by atomic mass is 16.5. The third-order valence-corrected chi connectivity index (χ3v) is 3.20. The van der Waals surface area contributed by atoms with Gasteiger partial charge in [-0.25, -0.2) is 0 Å². The van der Waals surface area contributed by atoms with Crippen LogP contribution in [0.2, 0.25) is 0 Å². The monoisotopic (exact) mass is 233 g/mol. The summed E-state index contributed by atoms with van der Waals surface area (Å²) < 4.78 is 7.37. The van der Waals surface area contributed by atoms with Crippen LogP contribution in [0.1, 0.15) is 48.3 Å². The third-order valence-electron chi connectivity index (χ3n) is 3.20. The first-order valence-corrected chi connectivity index (χ1v) is 5.94. The molecule has 0 unspecified atom stereocenters. The van der Waals surface area contributed by atoms with Crippen LogP contribution in [0.15, 0.2) is 10.7 Å². The van der Waals surface area contributed by atoms with Crippen LogP contribution in [0.4, 0.5) is 0 Å². The van der Waals surface area contributed by atoms with Gasteiger partial charge in [0.1, 0.15) is 0 Å². The molecular weight excluding hydrogens is 214 g/mol. The molecule has 2 aromatic heterocycles. The zero-order chi connectivity index (χ0) is 12.6. The lowest BCUT2D eigenvalue weighted by Crippen LogP contribution is -2.02. The van der Waals surface area contributed by atoms with Crippen molar-refractivity contribution in [3.8, 4) is 0 Å². The molecule has 0 saturated heterocycles. The quantitative estimate of drug-likeness (QED) is 0.818. The van der Waals surface area contributed by atoms with Crippen LogP contribution in [-0.2, 0) is 6.54 Å². The first-order valence-electron chi connectivity index (χ1n) is 5.94. The summed E-state index contributed by atoms with van der Waals surface area (Å²) in [6.45, 7) is 11.1. The lowest BCUT2D eigenvalue weighted by Gasteiger charge is -2.02. The summed E-state index contributed by atoms with van der Waals surface area (Å²) in [5, 5.41) is 4.01. The fourth-order valence-corrected chi connectivity index (χ4v) is 1.81. The molecule has 2 aromatic rings. The minimum absolute atomic E-state index is 0.283.